The van der Waals surface area contributed by atoms with Crippen molar-refractivity contribution in [1.82, 2.24) is 0 Å². The first-order chi connectivity index (χ1) is 14.0. The summed E-state index contributed by atoms with van der Waals surface area (Å²) in [6.45, 7) is 0. The van der Waals surface area contributed by atoms with E-state index in [2.05, 4.69) is 0 Å². The van der Waals surface area contributed by atoms with Crippen molar-refractivity contribution in [3.8, 4) is 28.7 Å². The second-order valence-corrected chi connectivity index (χ2v) is 6.17. The van der Waals surface area contributed by atoms with Gasteiger partial charge in [0.05, 0.1) is 28.4 Å². The smallest absolute Gasteiger partial charge is 0.193 e. The van der Waals surface area contributed by atoms with E-state index in [0.717, 1.165) is 10.8 Å². The number of phenols is 1. The Morgan fingerprint density at radius 1 is 0.897 bits per heavy atom. The molecule has 3 aromatic rings. The third-order valence-corrected chi connectivity index (χ3v) is 4.59. The SMILES string of the molecule is COc1cc(O)c(C(=O)/C=C/c2c(OC)c(OC)cc3ccccc23)c(OC)c1. The van der Waals surface area contributed by atoms with Crippen LogP contribution in [0.4, 0.5) is 0 Å². The van der Waals surface area contributed by atoms with Crippen LogP contribution in [0.1, 0.15) is 15.9 Å². The number of rotatable bonds is 7. The average Bonchev–Trinajstić information content (AvgIpc) is 2.75. The van der Waals surface area contributed by atoms with E-state index in [1.807, 2.05) is 30.3 Å². The van der Waals surface area contributed by atoms with Gasteiger partial charge in [-0.2, -0.15) is 0 Å². The van der Waals surface area contributed by atoms with E-state index >= 15 is 0 Å². The molecule has 29 heavy (non-hydrogen) atoms. The van der Waals surface area contributed by atoms with Gasteiger partial charge < -0.3 is 24.1 Å². The highest BCUT2D eigenvalue weighted by Gasteiger charge is 2.18. The molecular formula is C23H22O6. The minimum Gasteiger partial charge on any atom is -0.507 e. The highest BCUT2D eigenvalue weighted by molar-refractivity contribution is 6.11. The zero-order valence-electron chi connectivity index (χ0n) is 16.7. The molecule has 6 heteroatoms. The molecule has 0 amide bonds. The summed E-state index contributed by atoms with van der Waals surface area (Å²) in [4.78, 5) is 12.9. The van der Waals surface area contributed by atoms with Crippen molar-refractivity contribution in [2.75, 3.05) is 28.4 Å². The first kappa shape index (κ1) is 20.1. The standard InChI is InChI=1S/C23H22O6/c1-26-15-12-19(25)22(20(13-15)27-2)18(24)10-9-17-16-8-6-5-7-14(16)11-21(28-3)23(17)29-4/h5-13,25H,1-4H3/b10-9+. The van der Waals surface area contributed by atoms with Gasteiger partial charge in [-0.25, -0.2) is 0 Å². The van der Waals surface area contributed by atoms with Gasteiger partial charge in [-0.05, 0) is 29.0 Å². The number of benzene rings is 3. The Hall–Kier alpha value is -3.67. The minimum atomic E-state index is -0.420. The Kier molecular flexibility index (Phi) is 5.93. The maximum Gasteiger partial charge on any atom is 0.193 e. The predicted molar refractivity (Wildman–Crippen MR) is 112 cm³/mol. The number of allylic oxidation sites excluding steroid dienone is 1. The number of phenolic OH excluding ortho intramolecular Hbond substituents is 1. The minimum absolute atomic E-state index is 0.0516. The van der Waals surface area contributed by atoms with Gasteiger partial charge in [-0.3, -0.25) is 4.79 Å². The highest BCUT2D eigenvalue weighted by atomic mass is 16.5. The lowest BCUT2D eigenvalue weighted by Crippen LogP contribution is -2.01. The molecule has 0 heterocycles. The Bertz CT molecular complexity index is 1080. The molecule has 0 aliphatic heterocycles. The third-order valence-electron chi connectivity index (χ3n) is 4.59. The summed E-state index contributed by atoms with van der Waals surface area (Å²) < 4.78 is 21.3. The zero-order chi connectivity index (χ0) is 21.0. The average molecular weight is 394 g/mol. The molecule has 1 N–H and O–H groups in total. The zero-order valence-corrected chi connectivity index (χ0v) is 16.7. The normalized spacial score (nSPS) is 10.9. The lowest BCUT2D eigenvalue weighted by Gasteiger charge is -2.14. The molecule has 0 spiro atoms. The van der Waals surface area contributed by atoms with Crippen molar-refractivity contribution >= 4 is 22.6 Å². The largest absolute Gasteiger partial charge is 0.507 e. The van der Waals surface area contributed by atoms with Crippen LogP contribution in [0.5, 0.6) is 28.7 Å². The number of carbonyl (C=O) groups excluding carboxylic acids is 1. The maximum atomic E-state index is 12.9. The van der Waals surface area contributed by atoms with Crippen molar-refractivity contribution in [3.63, 3.8) is 0 Å². The van der Waals surface area contributed by atoms with E-state index in [9.17, 15) is 9.90 Å². The molecule has 0 bridgehead atoms. The van der Waals surface area contributed by atoms with Crippen molar-refractivity contribution in [2.24, 2.45) is 0 Å². The maximum absolute atomic E-state index is 12.9. The van der Waals surface area contributed by atoms with Crippen molar-refractivity contribution < 1.29 is 28.8 Å². The Balaban J connectivity index is 2.11. The van der Waals surface area contributed by atoms with Gasteiger partial charge >= 0.3 is 0 Å². The monoisotopic (exact) mass is 394 g/mol. The lowest BCUT2D eigenvalue weighted by atomic mass is 10.0. The fraction of sp³-hybridized carbons (Fsp3) is 0.174. The first-order valence-corrected chi connectivity index (χ1v) is 8.85. The Labute approximate surface area is 168 Å². The summed E-state index contributed by atoms with van der Waals surface area (Å²) in [5.41, 5.74) is 0.749. The fourth-order valence-electron chi connectivity index (χ4n) is 3.20. The van der Waals surface area contributed by atoms with E-state index in [0.29, 0.717) is 22.8 Å². The second kappa shape index (κ2) is 8.56. The van der Waals surface area contributed by atoms with E-state index in [1.54, 1.807) is 26.4 Å². The molecule has 0 atom stereocenters. The molecule has 0 fully saturated rings. The molecule has 0 aliphatic rings. The number of ketones is 1. The van der Waals surface area contributed by atoms with Gasteiger partial charge in [0.1, 0.15) is 22.8 Å². The van der Waals surface area contributed by atoms with E-state index in [4.69, 9.17) is 18.9 Å². The molecule has 0 saturated heterocycles. The molecule has 3 aromatic carbocycles. The fourth-order valence-corrected chi connectivity index (χ4v) is 3.20. The summed E-state index contributed by atoms with van der Waals surface area (Å²) in [6.07, 6.45) is 3.02. The van der Waals surface area contributed by atoms with E-state index in [1.165, 1.54) is 26.4 Å². The van der Waals surface area contributed by atoms with Gasteiger partial charge in [-0.15, -0.1) is 0 Å². The number of hydrogen-bond acceptors (Lipinski definition) is 6. The topological polar surface area (TPSA) is 74.2 Å². The predicted octanol–water partition coefficient (Wildman–Crippen LogP) is 4.48. The van der Waals surface area contributed by atoms with Crippen LogP contribution in [0.3, 0.4) is 0 Å². The van der Waals surface area contributed by atoms with Crippen LogP contribution in [0, 0.1) is 0 Å². The van der Waals surface area contributed by atoms with Crippen LogP contribution in [-0.2, 0) is 0 Å². The second-order valence-electron chi connectivity index (χ2n) is 6.17. The van der Waals surface area contributed by atoms with Crippen LogP contribution in [0.2, 0.25) is 0 Å². The quantitative estimate of drug-likeness (QED) is 0.471. The van der Waals surface area contributed by atoms with Gasteiger partial charge in [0.15, 0.2) is 17.3 Å². The lowest BCUT2D eigenvalue weighted by molar-refractivity contribution is 0.104. The number of methoxy groups -OCH3 is 4. The van der Waals surface area contributed by atoms with Crippen molar-refractivity contribution in [1.29, 1.82) is 0 Å². The highest BCUT2D eigenvalue weighted by Crippen LogP contribution is 2.39. The molecular weight excluding hydrogens is 372 g/mol. The summed E-state index contributed by atoms with van der Waals surface area (Å²) in [5, 5.41) is 12.1. The first-order valence-electron chi connectivity index (χ1n) is 8.85. The molecule has 0 aliphatic carbocycles. The molecule has 0 unspecified atom stereocenters. The molecule has 3 rings (SSSR count). The van der Waals surface area contributed by atoms with Crippen LogP contribution in [0.25, 0.3) is 16.8 Å². The number of aromatic hydroxyl groups is 1. The number of ether oxygens (including phenoxy) is 4. The van der Waals surface area contributed by atoms with E-state index in [-0.39, 0.29) is 17.1 Å². The summed E-state index contributed by atoms with van der Waals surface area (Å²) in [5.74, 6) is 1.04. The summed E-state index contributed by atoms with van der Waals surface area (Å²) in [7, 11) is 6.00. The number of fused-ring (bicyclic) bond motifs is 1. The summed E-state index contributed by atoms with van der Waals surface area (Å²) >= 11 is 0. The number of hydrogen-bond donors (Lipinski definition) is 1. The number of carbonyl (C=O) groups is 1. The van der Waals surface area contributed by atoms with Crippen LogP contribution < -0.4 is 18.9 Å². The molecule has 150 valence electrons. The van der Waals surface area contributed by atoms with Gasteiger partial charge in [0.2, 0.25) is 0 Å². The van der Waals surface area contributed by atoms with Crippen LogP contribution in [0.15, 0.2) is 48.5 Å². The van der Waals surface area contributed by atoms with Crippen molar-refractivity contribution in [3.05, 3.63) is 59.7 Å². The Morgan fingerprint density at radius 3 is 2.28 bits per heavy atom. The molecule has 0 saturated carbocycles. The molecule has 0 radical (unpaired) electrons. The van der Waals surface area contributed by atoms with Crippen molar-refractivity contribution in [2.45, 2.75) is 0 Å². The van der Waals surface area contributed by atoms with Crippen LogP contribution in [-0.4, -0.2) is 39.3 Å². The van der Waals surface area contributed by atoms with Gasteiger partial charge in [-0.1, -0.05) is 24.3 Å². The van der Waals surface area contributed by atoms with Gasteiger partial charge in [0, 0.05) is 17.7 Å². The van der Waals surface area contributed by atoms with Crippen LogP contribution >= 0.6 is 0 Å². The Morgan fingerprint density at radius 2 is 1.62 bits per heavy atom. The molecule has 6 nitrogen and oxygen atoms in total. The van der Waals surface area contributed by atoms with E-state index < -0.39 is 5.78 Å². The van der Waals surface area contributed by atoms with Gasteiger partial charge in [0.25, 0.3) is 0 Å². The third kappa shape index (κ3) is 3.82. The summed E-state index contributed by atoms with van der Waals surface area (Å²) in [6, 6.07) is 12.5. The molecule has 0 aromatic heterocycles.